The summed E-state index contributed by atoms with van der Waals surface area (Å²) < 4.78 is 6.32. The van der Waals surface area contributed by atoms with Crippen LogP contribution in [0.2, 0.25) is 0 Å². The number of nitrogens with zero attached hydrogens (tertiary/aromatic N) is 2. The Morgan fingerprint density at radius 3 is 2.92 bits per heavy atom. The first kappa shape index (κ1) is 8.62. The van der Waals surface area contributed by atoms with Crippen LogP contribution >= 0.6 is 0 Å². The summed E-state index contributed by atoms with van der Waals surface area (Å²) in [5.41, 5.74) is 0.568. The van der Waals surface area contributed by atoms with E-state index in [9.17, 15) is 0 Å². The lowest BCUT2D eigenvalue weighted by Gasteiger charge is -2.11. The first-order chi connectivity index (χ1) is 5.76. The minimum Gasteiger partial charge on any atom is -0.383 e. The second-order valence-corrected chi connectivity index (χ2v) is 2.28. The van der Waals surface area contributed by atoms with E-state index >= 15 is 0 Å². The molecule has 1 aromatic heterocycles. The molecule has 0 aromatic carbocycles. The predicted molar refractivity (Wildman–Crippen MR) is 42.2 cm³/mol. The van der Waals surface area contributed by atoms with Gasteiger partial charge in [0, 0.05) is 20.2 Å². The van der Waals surface area contributed by atoms with Gasteiger partial charge >= 0.3 is 0 Å². The van der Waals surface area contributed by atoms with Gasteiger partial charge in [-0.2, -0.15) is 9.99 Å². The fourth-order valence-corrected chi connectivity index (χ4v) is 0.723. The highest BCUT2D eigenvalue weighted by Crippen LogP contribution is 1.98. The van der Waals surface area contributed by atoms with Crippen molar-refractivity contribution < 1.29 is 9.57 Å². The van der Waals surface area contributed by atoms with E-state index in [0.29, 0.717) is 5.56 Å². The predicted octanol–water partition coefficient (Wildman–Crippen LogP) is 0.781. The third kappa shape index (κ3) is 2.01. The highest BCUT2D eigenvalue weighted by atomic mass is 16.8. The second kappa shape index (κ2) is 3.79. The Hall–Kier alpha value is -1.47. The van der Waals surface area contributed by atoms with Gasteiger partial charge in [0.25, 0.3) is 0 Å². The lowest BCUT2D eigenvalue weighted by atomic mass is 10.4. The van der Waals surface area contributed by atoms with Crippen LogP contribution in [0.3, 0.4) is 0 Å². The molecule has 0 spiro atoms. The van der Waals surface area contributed by atoms with Gasteiger partial charge in [-0.25, -0.2) is 0 Å². The standard InChI is InChI=1S/C8H10N2O2/c1-7(11-2)12-10-4-3-8(5-9)6-10/h3-4,6-7H,1-2H3. The van der Waals surface area contributed by atoms with E-state index in [-0.39, 0.29) is 6.29 Å². The summed E-state index contributed by atoms with van der Waals surface area (Å²) in [5, 5.41) is 8.49. The summed E-state index contributed by atoms with van der Waals surface area (Å²) in [5.74, 6) is 0. The van der Waals surface area contributed by atoms with Crippen molar-refractivity contribution in [2.45, 2.75) is 13.2 Å². The number of ether oxygens (including phenoxy) is 1. The highest BCUT2D eigenvalue weighted by Gasteiger charge is 2.00. The molecule has 1 unspecified atom stereocenters. The van der Waals surface area contributed by atoms with Gasteiger partial charge in [0.2, 0.25) is 6.29 Å². The largest absolute Gasteiger partial charge is 0.383 e. The molecule has 0 saturated carbocycles. The average Bonchev–Trinajstić information content (AvgIpc) is 2.52. The Morgan fingerprint density at radius 2 is 2.42 bits per heavy atom. The fourth-order valence-electron chi connectivity index (χ4n) is 0.723. The van der Waals surface area contributed by atoms with Crippen LogP contribution in [-0.4, -0.2) is 18.1 Å². The quantitative estimate of drug-likeness (QED) is 0.623. The molecule has 12 heavy (non-hydrogen) atoms. The van der Waals surface area contributed by atoms with Crippen molar-refractivity contribution in [3.63, 3.8) is 0 Å². The fraction of sp³-hybridized carbons (Fsp3) is 0.375. The molecule has 0 amide bonds. The van der Waals surface area contributed by atoms with Gasteiger partial charge in [-0.15, -0.1) is 0 Å². The number of rotatable bonds is 3. The Balaban J connectivity index is 2.59. The van der Waals surface area contributed by atoms with Crippen LogP contribution in [0.15, 0.2) is 18.5 Å². The summed E-state index contributed by atoms with van der Waals surface area (Å²) >= 11 is 0. The zero-order valence-electron chi connectivity index (χ0n) is 7.02. The minimum atomic E-state index is -0.316. The molecule has 1 atom stereocenters. The third-order valence-electron chi connectivity index (χ3n) is 1.40. The van der Waals surface area contributed by atoms with Gasteiger partial charge in [0.1, 0.15) is 6.07 Å². The van der Waals surface area contributed by atoms with E-state index in [1.807, 2.05) is 6.07 Å². The first-order valence-corrected chi connectivity index (χ1v) is 3.54. The third-order valence-corrected chi connectivity index (χ3v) is 1.40. The van der Waals surface area contributed by atoms with Crippen LogP contribution in [0.1, 0.15) is 12.5 Å². The topological polar surface area (TPSA) is 47.2 Å². The molecule has 64 valence electrons. The van der Waals surface area contributed by atoms with E-state index in [1.54, 1.807) is 32.5 Å². The molecule has 0 aliphatic rings. The highest BCUT2D eigenvalue weighted by molar-refractivity contribution is 5.24. The summed E-state index contributed by atoms with van der Waals surface area (Å²) in [6.45, 7) is 1.77. The molecule has 0 aliphatic heterocycles. The normalized spacial score (nSPS) is 12.1. The molecule has 0 fully saturated rings. The van der Waals surface area contributed by atoms with Crippen molar-refractivity contribution >= 4 is 0 Å². The lowest BCUT2D eigenvalue weighted by Crippen LogP contribution is -2.22. The monoisotopic (exact) mass is 166 g/mol. The van der Waals surface area contributed by atoms with Crippen LogP contribution in [0.4, 0.5) is 0 Å². The van der Waals surface area contributed by atoms with Crippen LogP contribution in [0.5, 0.6) is 0 Å². The number of hydrogen-bond acceptors (Lipinski definition) is 3. The number of hydrogen-bond donors (Lipinski definition) is 0. The van der Waals surface area contributed by atoms with Crippen molar-refractivity contribution in [3.05, 3.63) is 24.0 Å². The van der Waals surface area contributed by atoms with Crippen LogP contribution in [-0.2, 0) is 4.74 Å². The van der Waals surface area contributed by atoms with Gasteiger partial charge in [-0.3, -0.25) is 0 Å². The summed E-state index contributed by atoms with van der Waals surface area (Å²) in [6.07, 6.45) is 2.94. The minimum absolute atomic E-state index is 0.316. The van der Waals surface area contributed by atoms with Gasteiger partial charge in [-0.05, 0) is 6.07 Å². The molecule has 0 N–H and O–H groups in total. The molecule has 1 rings (SSSR count). The van der Waals surface area contributed by atoms with Crippen molar-refractivity contribution in [3.8, 4) is 6.07 Å². The molecule has 1 aromatic rings. The van der Waals surface area contributed by atoms with Gasteiger partial charge in [0.15, 0.2) is 0 Å². The van der Waals surface area contributed by atoms with Crippen molar-refractivity contribution in [1.82, 2.24) is 4.73 Å². The summed E-state index contributed by atoms with van der Waals surface area (Å²) in [7, 11) is 1.55. The zero-order valence-corrected chi connectivity index (χ0v) is 7.02. The van der Waals surface area contributed by atoms with E-state index in [2.05, 4.69) is 0 Å². The van der Waals surface area contributed by atoms with E-state index in [1.165, 1.54) is 4.73 Å². The Labute approximate surface area is 70.9 Å². The lowest BCUT2D eigenvalue weighted by molar-refractivity contribution is -0.114. The molecule has 0 bridgehead atoms. The van der Waals surface area contributed by atoms with Crippen LogP contribution in [0.25, 0.3) is 0 Å². The number of nitriles is 1. The molecule has 0 aliphatic carbocycles. The average molecular weight is 166 g/mol. The maximum atomic E-state index is 8.49. The molecule has 1 heterocycles. The van der Waals surface area contributed by atoms with Crippen LogP contribution < -0.4 is 4.84 Å². The van der Waals surface area contributed by atoms with Crippen molar-refractivity contribution in [1.29, 1.82) is 5.26 Å². The summed E-state index contributed by atoms with van der Waals surface area (Å²) in [6, 6.07) is 3.67. The number of methoxy groups -OCH3 is 1. The Kier molecular flexibility index (Phi) is 2.72. The number of aromatic nitrogens is 1. The van der Waals surface area contributed by atoms with Gasteiger partial charge in [0.05, 0.1) is 11.8 Å². The van der Waals surface area contributed by atoms with E-state index in [0.717, 1.165) is 0 Å². The van der Waals surface area contributed by atoms with Crippen LogP contribution in [0, 0.1) is 11.3 Å². The molecular weight excluding hydrogens is 156 g/mol. The van der Waals surface area contributed by atoms with E-state index in [4.69, 9.17) is 14.8 Å². The maximum absolute atomic E-state index is 8.49. The SMILES string of the molecule is COC(C)On1ccc(C#N)c1. The first-order valence-electron chi connectivity index (χ1n) is 3.54. The molecule has 4 heteroatoms. The molecule has 4 nitrogen and oxygen atoms in total. The van der Waals surface area contributed by atoms with Gasteiger partial charge < -0.3 is 9.57 Å². The van der Waals surface area contributed by atoms with E-state index < -0.39 is 0 Å². The van der Waals surface area contributed by atoms with Crippen molar-refractivity contribution in [2.24, 2.45) is 0 Å². The molecule has 0 radical (unpaired) electrons. The maximum Gasteiger partial charge on any atom is 0.221 e. The molecular formula is C8H10N2O2. The zero-order chi connectivity index (χ0) is 8.97. The van der Waals surface area contributed by atoms with Crippen molar-refractivity contribution in [2.75, 3.05) is 7.11 Å². The van der Waals surface area contributed by atoms with Gasteiger partial charge in [-0.1, -0.05) is 0 Å². The summed E-state index contributed by atoms with van der Waals surface area (Å²) in [4.78, 5) is 5.19. The smallest absolute Gasteiger partial charge is 0.221 e. The second-order valence-electron chi connectivity index (χ2n) is 2.28. The Morgan fingerprint density at radius 1 is 1.67 bits per heavy atom. The Bertz CT molecular complexity index is 287. The molecule has 0 saturated heterocycles.